The molecule has 584 valence electrons. The molecule has 0 atom stereocenters. The lowest BCUT2D eigenvalue weighted by atomic mass is 9.98. The molecule has 1 aliphatic heterocycles. The third-order valence-electron chi connectivity index (χ3n) is 21.8. The van der Waals surface area contributed by atoms with E-state index in [1.165, 1.54) is 124 Å². The molecule has 0 radical (unpaired) electrons. The van der Waals surface area contributed by atoms with Crippen molar-refractivity contribution in [3.8, 4) is 22.3 Å². The lowest BCUT2D eigenvalue weighted by Crippen LogP contribution is -2.25. The maximum absolute atomic E-state index is 11.6. The number of ether oxygens (including phenoxy) is 1. The lowest BCUT2D eigenvalue weighted by molar-refractivity contribution is 0.112. The van der Waals surface area contributed by atoms with E-state index in [-0.39, 0.29) is 0 Å². The average molecular weight is 1550 g/mol. The molecule has 0 unspecified atom stereocenters. The summed E-state index contributed by atoms with van der Waals surface area (Å²) in [5.41, 5.74) is 34.6. The van der Waals surface area contributed by atoms with Crippen molar-refractivity contribution in [1.29, 1.82) is 0 Å². The molecule has 0 spiro atoms. The van der Waals surface area contributed by atoms with Crippen molar-refractivity contribution in [2.45, 2.75) is 95.9 Å². The molecule has 0 N–H and O–H groups in total. The van der Waals surface area contributed by atoms with Gasteiger partial charge in [0.05, 0.1) is 0 Å². The van der Waals surface area contributed by atoms with Gasteiger partial charge in [0.25, 0.3) is 0 Å². The molecule has 0 aliphatic carbocycles. The number of aryl methyl sites for hydroxylation is 12. The SMILES string of the molecule is C1CCOC1.C=Cc1ccc(N(c2cccc(C)c2)c2ccc(-c3ccc(N(c4cccc(C)c4)c4cccc(C)c4)c(C)c3)cc2C)cc1C.C=P(c1ccccc1)(c1ccccc1)c1ccccc1.Cc1cccc(N(c2cccc(C)c2)c2ccc(-c3ccc(N(c4cccc(C)c4)c4ccc(C=O)c(C)c4)c(C)c3)cc2C)c1. The number of benzene rings is 15. The second kappa shape index (κ2) is 38.1. The molecule has 15 aromatic rings. The van der Waals surface area contributed by atoms with Gasteiger partial charge in [-0.3, -0.25) is 4.79 Å². The molecule has 1 aliphatic rings. The topological polar surface area (TPSA) is 39.3 Å². The summed E-state index contributed by atoms with van der Waals surface area (Å²) in [5.74, 6) is 0. The summed E-state index contributed by atoms with van der Waals surface area (Å²) in [4.78, 5) is 20.9. The lowest BCUT2D eigenvalue weighted by Gasteiger charge is -2.29. The van der Waals surface area contributed by atoms with Gasteiger partial charge < -0.3 is 24.3 Å². The molecule has 0 bridgehead atoms. The second-order valence-electron chi connectivity index (χ2n) is 30.9. The largest absolute Gasteiger partial charge is 0.381 e. The molecule has 0 saturated carbocycles. The first-order valence-corrected chi connectivity index (χ1v) is 42.5. The van der Waals surface area contributed by atoms with E-state index in [9.17, 15) is 4.79 Å². The Morgan fingerprint density at radius 1 is 0.265 bits per heavy atom. The van der Waals surface area contributed by atoms with Crippen molar-refractivity contribution in [2.75, 3.05) is 32.8 Å². The number of nitrogens with zero attached hydrogens (tertiary/aromatic N) is 4. The van der Waals surface area contributed by atoms with Gasteiger partial charge in [-0.2, -0.15) is 0 Å². The molecule has 0 aromatic heterocycles. The van der Waals surface area contributed by atoms with E-state index in [0.29, 0.717) is 5.56 Å². The summed E-state index contributed by atoms with van der Waals surface area (Å²) >= 11 is 0. The fraction of sp³-hybridized carbons (Fsp3) is 0.145. The second-order valence-corrected chi connectivity index (χ2v) is 34.1. The molecular formula is C110H107N4O2P. The molecule has 7 heteroatoms. The molecule has 1 heterocycles. The van der Waals surface area contributed by atoms with Crippen LogP contribution in [0.25, 0.3) is 28.3 Å². The van der Waals surface area contributed by atoms with Crippen LogP contribution in [0.2, 0.25) is 0 Å². The van der Waals surface area contributed by atoms with E-state index in [0.717, 1.165) is 87.5 Å². The third-order valence-corrected chi connectivity index (χ3v) is 25.3. The number of hydrogen-bond donors (Lipinski definition) is 0. The first-order chi connectivity index (χ1) is 56.7. The van der Waals surface area contributed by atoms with Crippen molar-refractivity contribution < 1.29 is 9.53 Å². The molecule has 6 nitrogen and oxygen atoms in total. The van der Waals surface area contributed by atoms with E-state index in [1.807, 2.05) is 25.1 Å². The highest BCUT2D eigenvalue weighted by Gasteiger charge is 2.25. The molecule has 1 saturated heterocycles. The Bertz CT molecular complexity index is 5520. The number of aldehydes is 1. The zero-order chi connectivity index (χ0) is 82.1. The summed E-state index contributed by atoms with van der Waals surface area (Å²) in [5, 5.41) is 3.95. The van der Waals surface area contributed by atoms with Gasteiger partial charge in [-0.1, -0.05) is 213 Å². The minimum absolute atomic E-state index is 0.710. The molecule has 1 fully saturated rings. The minimum Gasteiger partial charge on any atom is -0.381 e. The van der Waals surface area contributed by atoms with Gasteiger partial charge in [-0.15, -0.1) is 0 Å². The highest BCUT2D eigenvalue weighted by molar-refractivity contribution is 7.93. The predicted molar refractivity (Wildman–Crippen MR) is 507 cm³/mol. The number of carbonyl (C=O) groups excluding carboxylic acids is 1. The maximum Gasteiger partial charge on any atom is 0.150 e. The quantitative estimate of drug-likeness (QED) is 0.0593. The van der Waals surface area contributed by atoms with Crippen molar-refractivity contribution in [3.63, 3.8) is 0 Å². The van der Waals surface area contributed by atoms with Crippen LogP contribution in [-0.2, 0) is 4.74 Å². The van der Waals surface area contributed by atoms with E-state index < -0.39 is 6.89 Å². The maximum atomic E-state index is 11.6. The van der Waals surface area contributed by atoms with Crippen LogP contribution in [-0.4, -0.2) is 25.8 Å². The summed E-state index contributed by atoms with van der Waals surface area (Å²) in [6, 6.07) is 124. The van der Waals surface area contributed by atoms with E-state index in [4.69, 9.17) is 11.0 Å². The Balaban J connectivity index is 0.000000157. The molecule has 16 rings (SSSR count). The van der Waals surface area contributed by atoms with Crippen molar-refractivity contribution in [3.05, 3.63) is 430 Å². The van der Waals surface area contributed by atoms with Crippen LogP contribution < -0.4 is 35.5 Å². The highest BCUT2D eigenvalue weighted by atomic mass is 31.2. The predicted octanol–water partition coefficient (Wildman–Crippen LogP) is 29.0. The molecule has 15 aromatic carbocycles. The molecule has 117 heavy (non-hydrogen) atoms. The van der Waals surface area contributed by atoms with Crippen LogP contribution in [0.15, 0.2) is 352 Å². The first-order valence-electron chi connectivity index (χ1n) is 40.6. The normalized spacial score (nSPS) is 11.5. The van der Waals surface area contributed by atoms with Gasteiger partial charge in [0, 0.05) is 87.0 Å². The number of anilines is 12. The monoisotopic (exact) mass is 1550 g/mol. The fourth-order valence-electron chi connectivity index (χ4n) is 15.6. The Morgan fingerprint density at radius 2 is 0.513 bits per heavy atom. The Morgan fingerprint density at radius 3 is 0.718 bits per heavy atom. The van der Waals surface area contributed by atoms with E-state index in [1.54, 1.807) is 0 Å². The average Bonchev–Trinajstić information content (AvgIpc) is 0.917. The summed E-state index contributed by atoms with van der Waals surface area (Å²) in [7, 11) is 0. The van der Waals surface area contributed by atoms with Gasteiger partial charge in [0.15, 0.2) is 0 Å². The number of rotatable bonds is 19. The minimum atomic E-state index is -1.78. The van der Waals surface area contributed by atoms with Crippen LogP contribution in [0, 0.1) is 83.1 Å². The van der Waals surface area contributed by atoms with Crippen molar-refractivity contribution >= 4 is 110 Å². The van der Waals surface area contributed by atoms with Crippen LogP contribution in [0.4, 0.5) is 68.2 Å². The van der Waals surface area contributed by atoms with Crippen molar-refractivity contribution in [2.24, 2.45) is 0 Å². The number of carbonyl (C=O) groups is 1. The van der Waals surface area contributed by atoms with Gasteiger partial charge in [0.2, 0.25) is 0 Å². The molecular weight excluding hydrogens is 1440 g/mol. The van der Waals surface area contributed by atoms with E-state index >= 15 is 0 Å². The van der Waals surface area contributed by atoms with Gasteiger partial charge in [0.1, 0.15) is 6.29 Å². The highest BCUT2D eigenvalue weighted by Crippen LogP contribution is 2.46. The van der Waals surface area contributed by atoms with Crippen LogP contribution >= 0.6 is 6.89 Å². The third kappa shape index (κ3) is 19.6. The van der Waals surface area contributed by atoms with Crippen LogP contribution in [0.3, 0.4) is 0 Å². The zero-order valence-corrected chi connectivity index (χ0v) is 70.8. The zero-order valence-electron chi connectivity index (χ0n) is 69.9. The summed E-state index contributed by atoms with van der Waals surface area (Å²) < 4.78 is 4.94. The smallest absolute Gasteiger partial charge is 0.150 e. The van der Waals surface area contributed by atoms with Crippen molar-refractivity contribution in [1.82, 2.24) is 0 Å². The van der Waals surface area contributed by atoms with Gasteiger partial charge in [-0.25, -0.2) is 0 Å². The van der Waals surface area contributed by atoms with Crippen LogP contribution in [0.5, 0.6) is 0 Å². The Kier molecular flexibility index (Phi) is 26.7. The summed E-state index contributed by atoms with van der Waals surface area (Å²) in [6.45, 7) is 30.0. The molecule has 0 amide bonds. The fourth-order valence-corrected chi connectivity index (χ4v) is 18.6. The number of hydrogen-bond acceptors (Lipinski definition) is 6. The van der Waals surface area contributed by atoms with Gasteiger partial charge >= 0.3 is 0 Å². The van der Waals surface area contributed by atoms with E-state index in [2.05, 4.69) is 436 Å². The van der Waals surface area contributed by atoms with Gasteiger partial charge in [-0.05, 0) is 365 Å². The Labute approximate surface area is 696 Å². The van der Waals surface area contributed by atoms with Crippen LogP contribution in [0.1, 0.15) is 95.5 Å². The first kappa shape index (κ1) is 82.2. The summed E-state index contributed by atoms with van der Waals surface area (Å²) in [6.07, 6.45) is 10.1. The Hall–Kier alpha value is -12.8. The standard InChI is InChI=1S/C44H42N2.C43H40N2O.C19H17P.C4H8O/c1-8-36-18-21-42(29-33(36)5)46(41-17-11-14-32(4)26-41)44-23-20-38(28-35(44)7)37-19-22-43(34(6)27-37)45(39-15-9-12-30(2)24-39)40-16-10-13-31(3)25-40;1-29-10-7-13-38(22-29)44(39-14-8-11-30(2)23-39)42-20-17-35(25-33(42)5)36-18-21-43(34(6)26-36)45(40-15-9-12-31(3)24-40)41-19-16-37(28-46)32(4)27-41;1-20(17-11-5-2-6-12-17,18-13-7-3-8-14-18)19-15-9-4-10-16-19;1-2-4-5-3-1/h8-29H,1H2,2-7H3;7-28H,1-6H3;2-16H,1H2;1-4H2.